The minimum absolute atomic E-state index is 0. The van der Waals surface area contributed by atoms with Gasteiger partial charge in [0.25, 0.3) is 0 Å². The summed E-state index contributed by atoms with van der Waals surface area (Å²) in [7, 11) is 0. The maximum Gasteiger partial charge on any atom is 0.410 e. The number of amides is 1. The topological polar surface area (TPSA) is 48.1 Å². The normalized spacial score (nSPS) is 29.4. The molecule has 0 aromatic rings. The van der Waals surface area contributed by atoms with Crippen LogP contribution in [0, 0.1) is 0 Å². The lowest BCUT2D eigenvalue weighted by Gasteiger charge is -2.44. The van der Waals surface area contributed by atoms with Crippen molar-refractivity contribution < 1.29 is 9.53 Å². The largest absolute Gasteiger partial charge is 0.444 e. The SMILES string of the molecule is C.CCN1C(C)CN(C(=O)OC(C)(C)C)CC1C.CCN1C(C)CNCC1C. The molecule has 0 saturated carbocycles. The van der Waals surface area contributed by atoms with E-state index >= 15 is 0 Å². The zero-order valence-electron chi connectivity index (χ0n) is 19.2. The van der Waals surface area contributed by atoms with Crippen LogP contribution < -0.4 is 5.32 Å². The third-order valence-corrected chi connectivity index (χ3v) is 5.50. The van der Waals surface area contributed by atoms with E-state index in [0.29, 0.717) is 24.2 Å². The summed E-state index contributed by atoms with van der Waals surface area (Å²) in [6, 6.07) is 2.23. The highest BCUT2D eigenvalue weighted by atomic mass is 16.6. The van der Waals surface area contributed by atoms with Crippen molar-refractivity contribution in [2.45, 2.75) is 99.5 Å². The second-order valence-electron chi connectivity index (χ2n) is 9.10. The van der Waals surface area contributed by atoms with Gasteiger partial charge in [0, 0.05) is 50.3 Å². The average Bonchev–Trinajstić information content (AvgIpc) is 2.54. The van der Waals surface area contributed by atoms with Crippen molar-refractivity contribution >= 4 is 6.09 Å². The van der Waals surface area contributed by atoms with Crippen molar-refractivity contribution in [3.05, 3.63) is 0 Å². The fraction of sp³-hybridized carbons (Fsp3) is 0.955. The van der Waals surface area contributed by atoms with Gasteiger partial charge < -0.3 is 15.0 Å². The van der Waals surface area contributed by atoms with E-state index in [1.165, 1.54) is 6.54 Å². The van der Waals surface area contributed by atoms with Crippen LogP contribution in [0.3, 0.4) is 0 Å². The Kier molecular flexibility index (Phi) is 11.6. The van der Waals surface area contributed by atoms with Crippen molar-refractivity contribution in [3.8, 4) is 0 Å². The van der Waals surface area contributed by atoms with Crippen LogP contribution in [0.25, 0.3) is 0 Å². The molecule has 0 radical (unpaired) electrons. The van der Waals surface area contributed by atoms with Crippen LogP contribution >= 0.6 is 0 Å². The molecule has 2 rings (SSSR count). The van der Waals surface area contributed by atoms with E-state index in [0.717, 1.165) is 32.7 Å². The van der Waals surface area contributed by atoms with E-state index in [2.05, 4.69) is 56.7 Å². The van der Waals surface area contributed by atoms with Crippen molar-refractivity contribution in [2.75, 3.05) is 39.3 Å². The predicted molar refractivity (Wildman–Crippen MR) is 120 cm³/mol. The lowest BCUT2D eigenvalue weighted by atomic mass is 10.1. The molecule has 0 aliphatic carbocycles. The molecule has 2 aliphatic rings. The first-order chi connectivity index (χ1) is 12.5. The summed E-state index contributed by atoms with van der Waals surface area (Å²) in [5.41, 5.74) is -0.411. The van der Waals surface area contributed by atoms with Crippen molar-refractivity contribution in [3.63, 3.8) is 0 Å². The minimum Gasteiger partial charge on any atom is -0.444 e. The Morgan fingerprint density at radius 1 is 0.893 bits per heavy atom. The number of nitrogens with one attached hydrogen (secondary N) is 1. The van der Waals surface area contributed by atoms with Gasteiger partial charge in [-0.25, -0.2) is 4.79 Å². The lowest BCUT2D eigenvalue weighted by Crippen LogP contribution is -2.58. The van der Waals surface area contributed by atoms with Gasteiger partial charge >= 0.3 is 6.09 Å². The number of piperazine rings is 2. The Morgan fingerprint density at radius 2 is 1.29 bits per heavy atom. The predicted octanol–water partition coefficient (Wildman–Crippen LogP) is 3.66. The zero-order valence-corrected chi connectivity index (χ0v) is 19.2. The standard InChI is InChI=1S/C13H26N2O2.C8H18N2.CH4/c1-7-15-10(2)8-14(9-11(15)3)12(16)17-13(4,5)6;1-4-10-7(2)5-9-6-8(10)3;/h10-11H,7-9H2,1-6H3;7-9H,4-6H2,1-3H3;1H4. The summed E-state index contributed by atoms with van der Waals surface area (Å²) in [5, 5.41) is 3.41. The van der Waals surface area contributed by atoms with Crippen LogP contribution in [-0.4, -0.2) is 89.8 Å². The molecular weight excluding hydrogens is 352 g/mol. The van der Waals surface area contributed by atoms with Gasteiger partial charge in [0.2, 0.25) is 0 Å². The van der Waals surface area contributed by atoms with Gasteiger partial charge in [-0.1, -0.05) is 21.3 Å². The van der Waals surface area contributed by atoms with E-state index in [1.807, 2.05) is 25.7 Å². The van der Waals surface area contributed by atoms with Crippen LogP contribution in [0.2, 0.25) is 0 Å². The highest BCUT2D eigenvalue weighted by Crippen LogP contribution is 2.18. The summed E-state index contributed by atoms with van der Waals surface area (Å²) >= 11 is 0. The molecule has 1 N–H and O–H groups in total. The third-order valence-electron chi connectivity index (χ3n) is 5.50. The van der Waals surface area contributed by atoms with Crippen LogP contribution in [0.5, 0.6) is 0 Å². The molecule has 28 heavy (non-hydrogen) atoms. The summed E-state index contributed by atoms with van der Waals surface area (Å²) in [5.74, 6) is 0. The quantitative estimate of drug-likeness (QED) is 0.766. The third kappa shape index (κ3) is 8.26. The molecule has 0 aromatic carbocycles. The molecular formula is C22H48N4O2. The van der Waals surface area contributed by atoms with Gasteiger partial charge in [-0.15, -0.1) is 0 Å². The zero-order chi connectivity index (χ0) is 20.8. The van der Waals surface area contributed by atoms with Gasteiger partial charge in [-0.3, -0.25) is 9.80 Å². The Morgan fingerprint density at radius 3 is 1.61 bits per heavy atom. The fourth-order valence-corrected chi connectivity index (χ4v) is 4.25. The van der Waals surface area contributed by atoms with E-state index in [4.69, 9.17) is 4.74 Å². The summed E-state index contributed by atoms with van der Waals surface area (Å²) in [4.78, 5) is 18.8. The van der Waals surface area contributed by atoms with Gasteiger partial charge in [-0.05, 0) is 61.6 Å². The highest BCUT2D eigenvalue weighted by molar-refractivity contribution is 5.68. The molecule has 2 saturated heterocycles. The van der Waals surface area contributed by atoms with E-state index in [1.54, 1.807) is 0 Å². The fourth-order valence-electron chi connectivity index (χ4n) is 4.25. The van der Waals surface area contributed by atoms with Crippen LogP contribution in [0.4, 0.5) is 4.79 Å². The first kappa shape index (κ1) is 27.1. The summed E-state index contributed by atoms with van der Waals surface area (Å²) < 4.78 is 5.41. The van der Waals surface area contributed by atoms with Crippen LogP contribution in [0.15, 0.2) is 0 Å². The Bertz CT molecular complexity index is 430. The highest BCUT2D eigenvalue weighted by Gasteiger charge is 2.32. The molecule has 2 heterocycles. The van der Waals surface area contributed by atoms with Crippen molar-refractivity contribution in [1.82, 2.24) is 20.0 Å². The second-order valence-corrected chi connectivity index (χ2v) is 9.10. The van der Waals surface area contributed by atoms with Crippen molar-refractivity contribution in [1.29, 1.82) is 0 Å². The molecule has 0 spiro atoms. The number of ether oxygens (including phenoxy) is 1. The minimum atomic E-state index is -0.411. The first-order valence-electron chi connectivity index (χ1n) is 10.7. The van der Waals surface area contributed by atoms with E-state index in [9.17, 15) is 4.79 Å². The van der Waals surface area contributed by atoms with Crippen LogP contribution in [-0.2, 0) is 4.74 Å². The number of carbonyl (C=O) groups is 1. The summed E-state index contributed by atoms with van der Waals surface area (Å²) in [6.07, 6.45) is -0.188. The second kappa shape index (κ2) is 12.0. The number of carbonyl (C=O) groups excluding carboxylic acids is 1. The molecule has 1 amide bonds. The van der Waals surface area contributed by atoms with E-state index in [-0.39, 0.29) is 13.5 Å². The maximum atomic E-state index is 12.0. The van der Waals surface area contributed by atoms with E-state index < -0.39 is 5.60 Å². The molecule has 6 heteroatoms. The number of hydrogen-bond acceptors (Lipinski definition) is 5. The monoisotopic (exact) mass is 400 g/mol. The maximum absolute atomic E-state index is 12.0. The van der Waals surface area contributed by atoms with Gasteiger partial charge in [0.1, 0.15) is 5.60 Å². The molecule has 2 fully saturated rings. The lowest BCUT2D eigenvalue weighted by molar-refractivity contribution is -0.00619. The average molecular weight is 401 g/mol. The van der Waals surface area contributed by atoms with Gasteiger partial charge in [0.15, 0.2) is 0 Å². The molecule has 2 aliphatic heterocycles. The molecule has 0 aromatic heterocycles. The Labute approximate surface area is 175 Å². The number of nitrogens with zero attached hydrogens (tertiary/aromatic N) is 3. The Balaban J connectivity index is 0.000000567. The molecule has 168 valence electrons. The number of rotatable bonds is 2. The first-order valence-corrected chi connectivity index (χ1v) is 10.7. The molecule has 4 atom stereocenters. The molecule has 4 unspecified atom stereocenters. The smallest absolute Gasteiger partial charge is 0.410 e. The van der Waals surface area contributed by atoms with Crippen molar-refractivity contribution in [2.24, 2.45) is 0 Å². The molecule has 6 nitrogen and oxygen atoms in total. The number of hydrogen-bond donors (Lipinski definition) is 1. The van der Waals surface area contributed by atoms with Crippen LogP contribution in [0.1, 0.15) is 69.7 Å². The van der Waals surface area contributed by atoms with Gasteiger partial charge in [-0.2, -0.15) is 0 Å². The molecule has 0 bridgehead atoms. The Hall–Kier alpha value is -0.850. The van der Waals surface area contributed by atoms with Gasteiger partial charge in [0.05, 0.1) is 0 Å². The summed E-state index contributed by atoms with van der Waals surface area (Å²) in [6.45, 7) is 25.0. The number of likely N-dealkylation sites (N-methyl/N-ethyl adjacent to an activating group) is 2.